The molecular formula is C13H19N3O3S. The largest absolute Gasteiger partial charge is 0.386 e. The molecule has 7 heteroatoms. The van der Waals surface area contributed by atoms with Crippen LogP contribution in [0.3, 0.4) is 0 Å². The van der Waals surface area contributed by atoms with Crippen molar-refractivity contribution >= 4 is 15.7 Å². The summed E-state index contributed by atoms with van der Waals surface area (Å²) in [5.74, 6) is -0.0267. The van der Waals surface area contributed by atoms with Crippen LogP contribution in [0.5, 0.6) is 0 Å². The molecular weight excluding hydrogens is 278 g/mol. The van der Waals surface area contributed by atoms with Crippen molar-refractivity contribution in [3.63, 3.8) is 0 Å². The third kappa shape index (κ3) is 3.73. The number of amides is 1. The van der Waals surface area contributed by atoms with Gasteiger partial charge in [-0.25, -0.2) is 8.42 Å². The number of hydrogen-bond donors (Lipinski definition) is 1. The molecule has 2 fully saturated rings. The van der Waals surface area contributed by atoms with Gasteiger partial charge in [0.1, 0.15) is 11.6 Å². The lowest BCUT2D eigenvalue weighted by atomic mass is 10.1. The van der Waals surface area contributed by atoms with E-state index in [1.807, 2.05) is 6.07 Å². The van der Waals surface area contributed by atoms with Gasteiger partial charge < -0.3 is 10.2 Å². The molecule has 0 aromatic rings. The molecule has 0 radical (unpaired) electrons. The summed E-state index contributed by atoms with van der Waals surface area (Å²) in [7, 11) is -2.96. The summed E-state index contributed by atoms with van der Waals surface area (Å²) in [5, 5.41) is 12.0. The summed E-state index contributed by atoms with van der Waals surface area (Å²) in [6.07, 6.45) is 4.96. The van der Waals surface area contributed by atoms with Gasteiger partial charge in [0.15, 0.2) is 9.84 Å². The minimum Gasteiger partial charge on any atom is -0.386 e. The molecule has 0 bridgehead atoms. The highest BCUT2D eigenvalue weighted by Gasteiger charge is 2.27. The standard InChI is InChI=1S/C13H19N3O3S/c14-8-11(13(17)16-5-2-1-3-6-16)9-15-12-4-7-20(18,19)10-12/h9,12,15H,1-7,10H2/b11-9-. The van der Waals surface area contributed by atoms with Crippen molar-refractivity contribution in [2.24, 2.45) is 0 Å². The smallest absolute Gasteiger partial charge is 0.265 e. The van der Waals surface area contributed by atoms with Crippen LogP contribution < -0.4 is 5.32 Å². The highest BCUT2D eigenvalue weighted by molar-refractivity contribution is 7.91. The Hall–Kier alpha value is -1.55. The van der Waals surface area contributed by atoms with Gasteiger partial charge in [-0.15, -0.1) is 0 Å². The predicted molar refractivity (Wildman–Crippen MR) is 74.3 cm³/mol. The number of nitrogens with zero attached hydrogens (tertiary/aromatic N) is 2. The molecule has 1 amide bonds. The lowest BCUT2D eigenvalue weighted by Crippen LogP contribution is -2.37. The predicted octanol–water partition coefficient (Wildman–Crippen LogP) is 0.183. The third-order valence-corrected chi connectivity index (χ3v) is 5.46. The van der Waals surface area contributed by atoms with Crippen LogP contribution in [0, 0.1) is 11.3 Å². The molecule has 0 aromatic heterocycles. The zero-order chi connectivity index (χ0) is 14.6. The first-order valence-electron chi connectivity index (χ1n) is 6.88. The fourth-order valence-electron chi connectivity index (χ4n) is 2.54. The summed E-state index contributed by atoms with van der Waals surface area (Å²) < 4.78 is 22.7. The molecule has 0 spiro atoms. The van der Waals surface area contributed by atoms with Crippen LogP contribution in [0.1, 0.15) is 25.7 Å². The Morgan fingerprint density at radius 3 is 2.55 bits per heavy atom. The zero-order valence-corrected chi connectivity index (χ0v) is 12.2. The Morgan fingerprint density at radius 1 is 1.30 bits per heavy atom. The van der Waals surface area contributed by atoms with Crippen molar-refractivity contribution in [1.82, 2.24) is 10.2 Å². The zero-order valence-electron chi connectivity index (χ0n) is 11.3. The summed E-state index contributed by atoms with van der Waals surface area (Å²) >= 11 is 0. The van der Waals surface area contributed by atoms with E-state index >= 15 is 0 Å². The van der Waals surface area contributed by atoms with E-state index in [2.05, 4.69) is 5.32 Å². The maximum Gasteiger partial charge on any atom is 0.265 e. The second-order valence-corrected chi connectivity index (χ2v) is 7.52. The van der Waals surface area contributed by atoms with Crippen LogP contribution in [0.25, 0.3) is 0 Å². The Kier molecular flexibility index (Phi) is 4.65. The van der Waals surface area contributed by atoms with Gasteiger partial charge in [0, 0.05) is 25.3 Å². The highest BCUT2D eigenvalue weighted by Crippen LogP contribution is 2.13. The molecule has 2 heterocycles. The molecule has 1 N–H and O–H groups in total. The van der Waals surface area contributed by atoms with Gasteiger partial charge in [0.05, 0.1) is 11.5 Å². The van der Waals surface area contributed by atoms with Gasteiger partial charge in [0.2, 0.25) is 0 Å². The summed E-state index contributed by atoms with van der Waals surface area (Å²) in [4.78, 5) is 13.8. The van der Waals surface area contributed by atoms with Gasteiger partial charge >= 0.3 is 0 Å². The monoisotopic (exact) mass is 297 g/mol. The maximum absolute atomic E-state index is 12.1. The first kappa shape index (κ1) is 14.9. The van der Waals surface area contributed by atoms with Crippen molar-refractivity contribution in [3.05, 3.63) is 11.8 Å². The van der Waals surface area contributed by atoms with Gasteiger partial charge in [-0.3, -0.25) is 4.79 Å². The lowest BCUT2D eigenvalue weighted by Gasteiger charge is -2.26. The average Bonchev–Trinajstić information content (AvgIpc) is 2.79. The minimum absolute atomic E-state index is 0.0520. The van der Waals surface area contributed by atoms with Gasteiger partial charge in [0.25, 0.3) is 5.91 Å². The molecule has 0 saturated carbocycles. The number of carbonyl (C=O) groups excluding carboxylic acids is 1. The number of likely N-dealkylation sites (tertiary alicyclic amines) is 1. The molecule has 110 valence electrons. The fourth-order valence-corrected chi connectivity index (χ4v) is 4.22. The van der Waals surface area contributed by atoms with Gasteiger partial charge in [-0.05, 0) is 25.7 Å². The topological polar surface area (TPSA) is 90.3 Å². The van der Waals surface area contributed by atoms with Crippen LogP contribution in [0.2, 0.25) is 0 Å². The van der Waals surface area contributed by atoms with Crippen LogP contribution in [-0.2, 0) is 14.6 Å². The number of nitrogens with one attached hydrogen (secondary N) is 1. The molecule has 20 heavy (non-hydrogen) atoms. The van der Waals surface area contributed by atoms with Crippen LogP contribution in [0.15, 0.2) is 11.8 Å². The molecule has 0 aliphatic carbocycles. The van der Waals surface area contributed by atoms with E-state index < -0.39 is 9.84 Å². The van der Waals surface area contributed by atoms with E-state index in [1.165, 1.54) is 6.20 Å². The fraction of sp³-hybridized carbons (Fsp3) is 0.692. The Labute approximate surface area is 119 Å². The highest BCUT2D eigenvalue weighted by atomic mass is 32.2. The first-order valence-corrected chi connectivity index (χ1v) is 8.70. The van der Waals surface area contributed by atoms with E-state index in [0.717, 1.165) is 19.3 Å². The molecule has 2 aliphatic heterocycles. The number of carbonyl (C=O) groups is 1. The summed E-state index contributed by atoms with van der Waals surface area (Å²) in [6, 6.07) is 1.71. The van der Waals surface area contributed by atoms with Crippen molar-refractivity contribution in [2.45, 2.75) is 31.7 Å². The number of sulfone groups is 1. The Balaban J connectivity index is 1.95. The van der Waals surface area contributed by atoms with E-state index in [1.54, 1.807) is 4.90 Å². The minimum atomic E-state index is -2.96. The quantitative estimate of drug-likeness (QED) is 0.593. The number of piperidine rings is 1. The van der Waals surface area contributed by atoms with Crippen molar-refractivity contribution < 1.29 is 13.2 Å². The molecule has 1 atom stereocenters. The van der Waals surface area contributed by atoms with Crippen LogP contribution in [0.4, 0.5) is 0 Å². The first-order chi connectivity index (χ1) is 9.52. The van der Waals surface area contributed by atoms with Gasteiger partial charge in [-0.2, -0.15) is 5.26 Å². The molecule has 0 aromatic carbocycles. The molecule has 2 aliphatic rings. The van der Waals surface area contributed by atoms with E-state index in [9.17, 15) is 13.2 Å². The van der Waals surface area contributed by atoms with Crippen molar-refractivity contribution in [1.29, 1.82) is 5.26 Å². The normalized spacial score (nSPS) is 26.1. The van der Waals surface area contributed by atoms with Gasteiger partial charge in [-0.1, -0.05) is 0 Å². The second-order valence-electron chi connectivity index (χ2n) is 5.29. The Bertz CT molecular complexity index is 542. The third-order valence-electron chi connectivity index (χ3n) is 3.69. The molecule has 1 unspecified atom stereocenters. The van der Waals surface area contributed by atoms with Crippen LogP contribution >= 0.6 is 0 Å². The van der Waals surface area contributed by atoms with Crippen LogP contribution in [-0.4, -0.2) is 49.9 Å². The summed E-state index contributed by atoms with van der Waals surface area (Å²) in [6.45, 7) is 1.38. The van der Waals surface area contributed by atoms with E-state index in [-0.39, 0.29) is 29.0 Å². The lowest BCUT2D eigenvalue weighted by molar-refractivity contribution is -0.127. The Morgan fingerprint density at radius 2 is 2.00 bits per heavy atom. The molecule has 6 nitrogen and oxygen atoms in total. The van der Waals surface area contributed by atoms with Crippen molar-refractivity contribution in [2.75, 3.05) is 24.6 Å². The number of hydrogen-bond acceptors (Lipinski definition) is 5. The summed E-state index contributed by atoms with van der Waals surface area (Å²) in [5.41, 5.74) is 0.0520. The SMILES string of the molecule is N#C/C(=C/NC1CCS(=O)(=O)C1)C(=O)N1CCCCC1. The molecule has 2 rings (SSSR count). The maximum atomic E-state index is 12.1. The molecule has 2 saturated heterocycles. The van der Waals surface area contributed by atoms with Crippen molar-refractivity contribution in [3.8, 4) is 6.07 Å². The van der Waals surface area contributed by atoms with E-state index in [4.69, 9.17) is 5.26 Å². The number of nitriles is 1. The number of rotatable bonds is 3. The van der Waals surface area contributed by atoms with E-state index in [0.29, 0.717) is 19.5 Å². The second kappa shape index (κ2) is 6.27. The average molecular weight is 297 g/mol.